The van der Waals surface area contributed by atoms with Crippen LogP contribution >= 0.6 is 0 Å². The average Bonchev–Trinajstić information content (AvgIpc) is 3.78. The molecule has 0 N–H and O–H groups in total. The lowest BCUT2D eigenvalue weighted by atomic mass is 10.00. The van der Waals surface area contributed by atoms with Crippen molar-refractivity contribution in [1.82, 2.24) is 9.97 Å². The van der Waals surface area contributed by atoms with Gasteiger partial charge in [-0.25, -0.2) is 9.97 Å². The van der Waals surface area contributed by atoms with Crippen molar-refractivity contribution in [2.75, 3.05) is 0 Å². The van der Waals surface area contributed by atoms with Crippen molar-refractivity contribution in [2.45, 2.75) is 0 Å². The van der Waals surface area contributed by atoms with E-state index < -0.39 is 0 Å². The predicted molar refractivity (Wildman–Crippen MR) is 204 cm³/mol. The van der Waals surface area contributed by atoms with Gasteiger partial charge in [-0.2, -0.15) is 0 Å². The molecule has 4 heteroatoms. The summed E-state index contributed by atoms with van der Waals surface area (Å²) >= 11 is 0. The third-order valence-electron chi connectivity index (χ3n) is 9.48. The van der Waals surface area contributed by atoms with E-state index >= 15 is 0 Å². The maximum Gasteiger partial charge on any atom is 0.160 e. The zero-order valence-corrected chi connectivity index (χ0v) is 26.9. The number of hydrogen-bond donors (Lipinski definition) is 0. The largest absolute Gasteiger partial charge is 0.456 e. The van der Waals surface area contributed by atoms with E-state index in [1.807, 2.05) is 30.3 Å². The zero-order chi connectivity index (χ0) is 33.0. The van der Waals surface area contributed by atoms with Gasteiger partial charge in [0.05, 0.1) is 11.4 Å². The Kier molecular flexibility index (Phi) is 6.46. The number of aromatic nitrogens is 2. The SMILES string of the molecule is c1ccc(-c2cccc(-c3cc(-c4ccc(-c5cc6ccccc6o5)cc4)nc(-c4ccc5oc6cc7ccccc7cc6c5c4)n3)c2)cc1. The highest BCUT2D eigenvalue weighted by Gasteiger charge is 2.15. The second kappa shape index (κ2) is 11.4. The lowest BCUT2D eigenvalue weighted by Crippen LogP contribution is -1.96. The molecule has 0 saturated heterocycles. The van der Waals surface area contributed by atoms with E-state index in [4.69, 9.17) is 18.8 Å². The molecule has 10 aromatic rings. The molecule has 0 aliphatic carbocycles. The Morgan fingerprint density at radius 3 is 1.78 bits per heavy atom. The maximum atomic E-state index is 6.31. The molecule has 234 valence electrons. The third-order valence-corrected chi connectivity index (χ3v) is 9.48. The van der Waals surface area contributed by atoms with E-state index in [0.717, 1.165) is 88.8 Å². The minimum atomic E-state index is 0.654. The van der Waals surface area contributed by atoms with Gasteiger partial charge in [0.25, 0.3) is 0 Å². The molecule has 0 radical (unpaired) electrons. The third kappa shape index (κ3) is 4.94. The number of furan rings is 2. The Labute approximate surface area is 287 Å². The molecule has 0 saturated carbocycles. The van der Waals surface area contributed by atoms with Crippen molar-refractivity contribution in [3.05, 3.63) is 170 Å². The molecule has 0 atom stereocenters. The van der Waals surface area contributed by atoms with Crippen molar-refractivity contribution in [3.63, 3.8) is 0 Å². The van der Waals surface area contributed by atoms with Crippen LogP contribution in [0.1, 0.15) is 0 Å². The predicted octanol–water partition coefficient (Wildman–Crippen LogP) is 12.6. The molecule has 0 bridgehead atoms. The van der Waals surface area contributed by atoms with E-state index in [1.165, 1.54) is 5.39 Å². The van der Waals surface area contributed by atoms with Gasteiger partial charge in [0, 0.05) is 38.4 Å². The molecular formula is C46H28N2O2. The summed E-state index contributed by atoms with van der Waals surface area (Å²) in [5.74, 6) is 1.49. The molecular weight excluding hydrogens is 613 g/mol. The second-order valence-electron chi connectivity index (χ2n) is 12.6. The van der Waals surface area contributed by atoms with Crippen LogP contribution in [0.15, 0.2) is 179 Å². The Hall–Kier alpha value is -6.78. The molecule has 3 aromatic heterocycles. The highest BCUT2D eigenvalue weighted by atomic mass is 16.3. The summed E-state index contributed by atoms with van der Waals surface area (Å²) in [7, 11) is 0. The van der Waals surface area contributed by atoms with Gasteiger partial charge in [-0.05, 0) is 76.5 Å². The normalized spacial score (nSPS) is 11.6. The van der Waals surface area contributed by atoms with Crippen LogP contribution in [0.2, 0.25) is 0 Å². The number of fused-ring (bicyclic) bond motifs is 5. The summed E-state index contributed by atoms with van der Waals surface area (Å²) in [6, 6.07) is 58.6. The molecule has 3 heterocycles. The van der Waals surface area contributed by atoms with E-state index in [9.17, 15) is 0 Å². The summed E-state index contributed by atoms with van der Waals surface area (Å²) in [4.78, 5) is 10.4. The Bertz CT molecular complexity index is 2830. The van der Waals surface area contributed by atoms with Crippen LogP contribution in [-0.4, -0.2) is 9.97 Å². The zero-order valence-electron chi connectivity index (χ0n) is 26.9. The van der Waals surface area contributed by atoms with Gasteiger partial charge >= 0.3 is 0 Å². The molecule has 0 spiro atoms. The summed E-state index contributed by atoms with van der Waals surface area (Å²) in [6.07, 6.45) is 0. The quantitative estimate of drug-likeness (QED) is 0.188. The number of rotatable bonds is 5. The number of para-hydroxylation sites is 1. The van der Waals surface area contributed by atoms with E-state index in [2.05, 4.69) is 140 Å². The van der Waals surface area contributed by atoms with Crippen LogP contribution < -0.4 is 0 Å². The van der Waals surface area contributed by atoms with Gasteiger partial charge in [-0.3, -0.25) is 0 Å². The van der Waals surface area contributed by atoms with Crippen LogP contribution in [0.25, 0.3) is 100 Å². The molecule has 0 unspecified atom stereocenters. The Morgan fingerprint density at radius 2 is 0.960 bits per heavy atom. The van der Waals surface area contributed by atoms with Gasteiger partial charge < -0.3 is 8.83 Å². The topological polar surface area (TPSA) is 52.1 Å². The first-order chi connectivity index (χ1) is 24.7. The molecule has 7 aromatic carbocycles. The molecule has 0 fully saturated rings. The van der Waals surface area contributed by atoms with E-state index in [1.54, 1.807) is 0 Å². The fourth-order valence-electron chi connectivity index (χ4n) is 6.89. The first-order valence-electron chi connectivity index (χ1n) is 16.7. The number of benzene rings is 7. The van der Waals surface area contributed by atoms with Gasteiger partial charge in [0.1, 0.15) is 22.5 Å². The first-order valence-corrected chi connectivity index (χ1v) is 16.7. The van der Waals surface area contributed by atoms with Gasteiger partial charge in [-0.1, -0.05) is 115 Å². The molecule has 0 aliphatic heterocycles. The standard InChI is InChI=1S/C46H28N2O2/c1-2-9-29(10-3-1)32-14-8-15-35(23-32)41-28-40(30-17-19-31(20-18-30)44-27-36-13-6-7-16-42(36)49-44)47-46(48-41)37-21-22-43-38(25-37)39-24-33-11-4-5-12-34(33)26-45(39)50-43/h1-28H. The van der Waals surface area contributed by atoms with Crippen LogP contribution in [0, 0.1) is 0 Å². The Morgan fingerprint density at radius 1 is 0.320 bits per heavy atom. The van der Waals surface area contributed by atoms with Crippen molar-refractivity contribution < 1.29 is 8.83 Å². The first kappa shape index (κ1) is 28.3. The van der Waals surface area contributed by atoms with Crippen LogP contribution in [-0.2, 0) is 0 Å². The van der Waals surface area contributed by atoms with Crippen molar-refractivity contribution in [1.29, 1.82) is 0 Å². The molecule has 0 amide bonds. The van der Waals surface area contributed by atoms with Crippen molar-refractivity contribution in [3.8, 4) is 56.4 Å². The number of hydrogen-bond acceptors (Lipinski definition) is 4. The lowest BCUT2D eigenvalue weighted by Gasteiger charge is -2.11. The average molecular weight is 641 g/mol. The fourth-order valence-corrected chi connectivity index (χ4v) is 6.89. The molecule has 50 heavy (non-hydrogen) atoms. The maximum absolute atomic E-state index is 6.31. The van der Waals surface area contributed by atoms with Crippen LogP contribution in [0.5, 0.6) is 0 Å². The van der Waals surface area contributed by atoms with Gasteiger partial charge in [0.15, 0.2) is 5.82 Å². The second-order valence-corrected chi connectivity index (χ2v) is 12.6. The summed E-state index contributed by atoms with van der Waals surface area (Å²) in [5, 5.41) is 5.54. The minimum absolute atomic E-state index is 0.654. The highest BCUT2D eigenvalue weighted by Crippen LogP contribution is 2.36. The number of nitrogens with zero attached hydrogens (tertiary/aromatic N) is 2. The van der Waals surface area contributed by atoms with Gasteiger partial charge in [0.2, 0.25) is 0 Å². The molecule has 10 rings (SSSR count). The van der Waals surface area contributed by atoms with E-state index in [0.29, 0.717) is 5.82 Å². The summed E-state index contributed by atoms with van der Waals surface area (Å²) in [6.45, 7) is 0. The van der Waals surface area contributed by atoms with Crippen LogP contribution in [0.4, 0.5) is 0 Å². The fraction of sp³-hybridized carbons (Fsp3) is 0. The summed E-state index contributed by atoms with van der Waals surface area (Å²) < 4.78 is 12.5. The molecule has 0 aliphatic rings. The Balaban J connectivity index is 1.12. The minimum Gasteiger partial charge on any atom is -0.456 e. The van der Waals surface area contributed by atoms with E-state index in [-0.39, 0.29) is 0 Å². The highest BCUT2D eigenvalue weighted by molar-refractivity contribution is 6.10. The van der Waals surface area contributed by atoms with Crippen molar-refractivity contribution in [2.24, 2.45) is 0 Å². The summed E-state index contributed by atoms with van der Waals surface area (Å²) in [5.41, 5.74) is 10.5. The van der Waals surface area contributed by atoms with Crippen molar-refractivity contribution >= 4 is 43.7 Å². The lowest BCUT2D eigenvalue weighted by molar-refractivity contribution is 0.631. The smallest absolute Gasteiger partial charge is 0.160 e. The van der Waals surface area contributed by atoms with Crippen LogP contribution in [0.3, 0.4) is 0 Å². The molecule has 4 nitrogen and oxygen atoms in total. The van der Waals surface area contributed by atoms with Gasteiger partial charge in [-0.15, -0.1) is 0 Å². The monoisotopic (exact) mass is 640 g/mol.